The van der Waals surface area contributed by atoms with Gasteiger partial charge in [0.05, 0.1) is 17.8 Å². The Balaban J connectivity index is 1.64. The van der Waals surface area contributed by atoms with Crippen LogP contribution in [0.1, 0.15) is 80.6 Å². The number of ketones is 3. The van der Waals surface area contributed by atoms with E-state index in [-0.39, 0.29) is 52.2 Å². The minimum Gasteiger partial charge on any atom is -0.483 e. The third kappa shape index (κ3) is 3.83. The van der Waals surface area contributed by atoms with Gasteiger partial charge >= 0.3 is 0 Å². The normalized spacial score (nSPS) is 37.2. The molecular weight excluding hydrogens is 432 g/mol. The van der Waals surface area contributed by atoms with Crippen LogP contribution in [0.2, 0.25) is 0 Å². The van der Waals surface area contributed by atoms with Crippen molar-refractivity contribution in [1.29, 1.82) is 0 Å². The molecule has 1 N–H and O–H groups in total. The molecule has 0 aromatic carbocycles. The summed E-state index contributed by atoms with van der Waals surface area (Å²) in [6.45, 7) is 13.0. The highest BCUT2D eigenvalue weighted by Crippen LogP contribution is 2.59. The van der Waals surface area contributed by atoms with Crippen molar-refractivity contribution < 1.29 is 29.0 Å². The summed E-state index contributed by atoms with van der Waals surface area (Å²) in [5, 5.41) is 10.5. The van der Waals surface area contributed by atoms with E-state index in [1.807, 2.05) is 6.92 Å². The Hall–Kier alpha value is -2.05. The SMILES string of the molecule is C/C=C(\C)C(=O)[C@H](C)C1=CC(=O)C2=C(O[C@@]3(C)CC[C@H]4O[C@@H](C(C)(C)O)CC[C@]4(C)C3C2)C1=O. The van der Waals surface area contributed by atoms with Crippen LogP contribution in [0.4, 0.5) is 0 Å². The van der Waals surface area contributed by atoms with Crippen molar-refractivity contribution in [2.24, 2.45) is 17.3 Å². The highest BCUT2D eigenvalue weighted by Gasteiger charge is 2.61. The molecule has 0 radical (unpaired) electrons. The fourth-order valence-electron chi connectivity index (χ4n) is 6.56. The van der Waals surface area contributed by atoms with Gasteiger partial charge in [-0.15, -0.1) is 0 Å². The fourth-order valence-corrected chi connectivity index (χ4v) is 6.56. The summed E-state index contributed by atoms with van der Waals surface area (Å²) >= 11 is 0. The van der Waals surface area contributed by atoms with Crippen LogP contribution in [0.15, 0.2) is 34.6 Å². The molecule has 2 aliphatic carbocycles. The first-order valence-corrected chi connectivity index (χ1v) is 12.5. The zero-order chi connectivity index (χ0) is 25.2. The number of ether oxygens (including phenoxy) is 2. The number of allylic oxidation sites excluding steroid dienone is 5. The number of hydrogen-bond donors (Lipinski definition) is 1. The molecule has 34 heavy (non-hydrogen) atoms. The van der Waals surface area contributed by atoms with Crippen LogP contribution >= 0.6 is 0 Å². The summed E-state index contributed by atoms with van der Waals surface area (Å²) in [4.78, 5) is 39.4. The highest BCUT2D eigenvalue weighted by atomic mass is 16.5. The average molecular weight is 471 g/mol. The molecule has 2 aliphatic heterocycles. The molecule has 2 fully saturated rings. The van der Waals surface area contributed by atoms with Crippen molar-refractivity contribution >= 4 is 17.3 Å². The van der Waals surface area contributed by atoms with E-state index in [1.54, 1.807) is 40.7 Å². The summed E-state index contributed by atoms with van der Waals surface area (Å²) in [5.74, 6) is -1.29. The lowest BCUT2D eigenvalue weighted by Crippen LogP contribution is -2.62. The van der Waals surface area contributed by atoms with Gasteiger partial charge < -0.3 is 14.6 Å². The zero-order valence-corrected chi connectivity index (χ0v) is 21.5. The third-order valence-corrected chi connectivity index (χ3v) is 8.98. The van der Waals surface area contributed by atoms with Gasteiger partial charge in [-0.25, -0.2) is 0 Å². The van der Waals surface area contributed by atoms with Gasteiger partial charge in [-0.3, -0.25) is 14.4 Å². The molecule has 4 rings (SSSR count). The second kappa shape index (κ2) is 8.27. The van der Waals surface area contributed by atoms with Crippen LogP contribution < -0.4 is 0 Å². The van der Waals surface area contributed by atoms with Crippen LogP contribution in [-0.4, -0.2) is 45.9 Å². The number of Topliss-reactive ketones (excluding diaryl/α,β-unsaturated/α-hetero) is 2. The second-order valence-electron chi connectivity index (χ2n) is 11.7. The number of carbonyl (C=O) groups is 3. The van der Waals surface area contributed by atoms with Crippen molar-refractivity contribution in [2.45, 2.75) is 104 Å². The van der Waals surface area contributed by atoms with Crippen LogP contribution in [-0.2, 0) is 23.9 Å². The first-order valence-electron chi connectivity index (χ1n) is 12.5. The molecule has 2 heterocycles. The van der Waals surface area contributed by atoms with E-state index in [0.29, 0.717) is 24.0 Å². The van der Waals surface area contributed by atoms with Crippen LogP contribution in [0.3, 0.4) is 0 Å². The average Bonchev–Trinajstić information content (AvgIpc) is 2.77. The monoisotopic (exact) mass is 470 g/mol. The van der Waals surface area contributed by atoms with Gasteiger partial charge in [0.15, 0.2) is 17.3 Å². The van der Waals surface area contributed by atoms with Crippen molar-refractivity contribution in [2.75, 3.05) is 0 Å². The standard InChI is InChI=1S/C28H38O6/c1-8-15(2)23(30)16(3)17-13-19(29)18-14-20-27(6)11-9-21(26(4,5)32)33-22(27)10-12-28(20,7)34-25(18)24(17)31/h8,13,16,20-22,32H,9-12,14H2,1-7H3/b15-8+/t16-,20?,21-,22-,27-,28+/m1/s1. The molecule has 186 valence electrons. The quantitative estimate of drug-likeness (QED) is 0.484. The van der Waals surface area contributed by atoms with E-state index in [1.165, 1.54) is 6.08 Å². The first kappa shape index (κ1) is 25.1. The maximum atomic E-state index is 13.5. The van der Waals surface area contributed by atoms with Gasteiger partial charge in [-0.1, -0.05) is 19.9 Å². The Morgan fingerprint density at radius 1 is 1.24 bits per heavy atom. The maximum Gasteiger partial charge on any atom is 0.224 e. The molecule has 4 aliphatic rings. The van der Waals surface area contributed by atoms with E-state index in [2.05, 4.69) is 6.92 Å². The lowest BCUT2D eigenvalue weighted by Gasteiger charge is -2.60. The molecular formula is C28H38O6. The minimum atomic E-state index is -0.909. The molecule has 6 atom stereocenters. The van der Waals surface area contributed by atoms with Gasteiger partial charge in [-0.05, 0) is 78.4 Å². The Bertz CT molecular complexity index is 1020. The van der Waals surface area contributed by atoms with Gasteiger partial charge in [0.25, 0.3) is 0 Å². The number of aliphatic hydroxyl groups is 1. The lowest BCUT2D eigenvalue weighted by atomic mass is 9.53. The second-order valence-corrected chi connectivity index (χ2v) is 11.7. The van der Waals surface area contributed by atoms with Crippen molar-refractivity contribution in [1.82, 2.24) is 0 Å². The number of fused-ring (bicyclic) bond motifs is 3. The van der Waals surface area contributed by atoms with Crippen LogP contribution in [0, 0.1) is 17.3 Å². The van der Waals surface area contributed by atoms with E-state index in [0.717, 1.165) is 19.3 Å². The van der Waals surface area contributed by atoms with Crippen LogP contribution in [0.5, 0.6) is 0 Å². The summed E-state index contributed by atoms with van der Waals surface area (Å²) < 4.78 is 12.9. The van der Waals surface area contributed by atoms with E-state index >= 15 is 0 Å². The van der Waals surface area contributed by atoms with Crippen molar-refractivity contribution in [3.8, 4) is 0 Å². The van der Waals surface area contributed by atoms with Gasteiger partial charge in [-0.2, -0.15) is 0 Å². The first-order chi connectivity index (χ1) is 15.7. The predicted octanol–water partition coefficient (Wildman–Crippen LogP) is 4.40. The molecule has 1 unspecified atom stereocenters. The lowest BCUT2D eigenvalue weighted by molar-refractivity contribution is -0.245. The van der Waals surface area contributed by atoms with Crippen LogP contribution in [0.25, 0.3) is 0 Å². The van der Waals surface area contributed by atoms with Gasteiger partial charge in [0, 0.05) is 28.4 Å². The Labute approximate surface area is 202 Å². The molecule has 1 saturated carbocycles. The van der Waals surface area contributed by atoms with E-state index in [9.17, 15) is 19.5 Å². The minimum absolute atomic E-state index is 0.0104. The smallest absolute Gasteiger partial charge is 0.224 e. The molecule has 6 heteroatoms. The number of hydrogen-bond acceptors (Lipinski definition) is 6. The summed E-state index contributed by atoms with van der Waals surface area (Å²) in [7, 11) is 0. The number of rotatable bonds is 4. The summed E-state index contributed by atoms with van der Waals surface area (Å²) in [5.41, 5.74) is -0.533. The summed E-state index contributed by atoms with van der Waals surface area (Å²) in [6, 6.07) is 0. The zero-order valence-electron chi connectivity index (χ0n) is 21.5. The predicted molar refractivity (Wildman–Crippen MR) is 128 cm³/mol. The highest BCUT2D eigenvalue weighted by molar-refractivity contribution is 6.24. The molecule has 1 saturated heterocycles. The molecule has 6 nitrogen and oxygen atoms in total. The molecule has 0 aromatic rings. The van der Waals surface area contributed by atoms with Crippen molar-refractivity contribution in [3.63, 3.8) is 0 Å². The third-order valence-electron chi connectivity index (χ3n) is 8.98. The molecule has 0 amide bonds. The van der Waals surface area contributed by atoms with Gasteiger partial charge in [0.2, 0.25) is 5.78 Å². The Morgan fingerprint density at radius 3 is 2.53 bits per heavy atom. The Morgan fingerprint density at radius 2 is 1.91 bits per heavy atom. The van der Waals surface area contributed by atoms with Gasteiger partial charge in [0.1, 0.15) is 5.60 Å². The molecule has 0 bridgehead atoms. The maximum absolute atomic E-state index is 13.5. The number of carbonyl (C=O) groups excluding carboxylic acids is 3. The van der Waals surface area contributed by atoms with E-state index in [4.69, 9.17) is 9.47 Å². The van der Waals surface area contributed by atoms with Crippen molar-refractivity contribution in [3.05, 3.63) is 34.6 Å². The largest absolute Gasteiger partial charge is 0.483 e. The van der Waals surface area contributed by atoms with E-state index < -0.39 is 17.1 Å². The summed E-state index contributed by atoms with van der Waals surface area (Å²) in [6.07, 6.45) is 6.31. The molecule has 0 aromatic heterocycles. The molecule has 0 spiro atoms. The topological polar surface area (TPSA) is 89.9 Å². The Kier molecular flexibility index (Phi) is 6.09. The fraction of sp³-hybridized carbons (Fsp3) is 0.679.